The fourth-order valence-corrected chi connectivity index (χ4v) is 13.0. The summed E-state index contributed by atoms with van der Waals surface area (Å²) in [6.07, 6.45) is -7.87. The van der Waals surface area contributed by atoms with Crippen LogP contribution in [0, 0.1) is 5.92 Å². The van der Waals surface area contributed by atoms with Gasteiger partial charge in [-0.25, -0.2) is 4.79 Å². The van der Waals surface area contributed by atoms with Crippen molar-refractivity contribution in [2.45, 2.75) is 190 Å². The largest absolute Gasteiger partial charge is 1.00 e. The van der Waals surface area contributed by atoms with Crippen molar-refractivity contribution in [1.82, 2.24) is 57.2 Å². The smallest absolute Gasteiger partial charge is 0.691 e. The van der Waals surface area contributed by atoms with Crippen molar-refractivity contribution in [1.29, 1.82) is 0 Å². The number of amides is 9. The summed E-state index contributed by atoms with van der Waals surface area (Å²) in [5.74, 6) is -9.67. The molecule has 0 unspecified atom stereocenters. The third-order valence-corrected chi connectivity index (χ3v) is 18.7. The molecule has 13 atom stereocenters. The van der Waals surface area contributed by atoms with Crippen LogP contribution in [-0.2, 0) is 58.8 Å². The minimum Gasteiger partial charge on any atom is -0.691 e. The predicted octanol–water partition coefficient (Wildman–Crippen LogP) is -3.13. The van der Waals surface area contributed by atoms with Crippen LogP contribution in [-0.4, -0.2) is 241 Å². The van der Waals surface area contributed by atoms with E-state index < -0.39 is 189 Å². The normalized spacial score (nSPS) is 23.0. The molecule has 34 nitrogen and oxygen atoms in total. The number of phenolic OH excluding ortho intramolecular Hbond substituents is 1. The molecule has 0 saturated carbocycles. The molecular formula is C68H94N11NaO23S2. The molecule has 14 N–H and O–H groups in total. The third-order valence-electron chi connectivity index (χ3n) is 17.3. The van der Waals surface area contributed by atoms with Gasteiger partial charge in [0.05, 0.1) is 43.2 Å². The molecular weight excluding hydrogens is 1430 g/mol. The van der Waals surface area contributed by atoms with E-state index in [1.165, 1.54) is 36.5 Å². The molecule has 9 amide bonds. The fraction of sp³-hybridized carbons (Fsp3) is 0.574. The standard InChI is InChI=1S/C68H95N11O23S2.Na/c1-37-35-79-56(57(37)87)62(92)71-34-43(81)32-46(72-58(88)40-16-18-41(19-17-40)63-76-77-64(103-63)42-20-22-45(23-21-42)98-29-13-9-7-8-12-28-97-6)59(89)73-53(38(2)80)65(93)78-36-44(82)33-47(78)60(90)74-54(50(85)30-39-15-24-48(83)51(31-39)100-104-102-101-96)61(91)75-55(66(79)94)49(84)25-27-69-52(86)14-10-11-26-70-67(95)99-68(3,4)5;/h15-24,31,37-38,43-44,46-47,49-50,53-57,80-85,87,96H,7-14,25-30,32-36H2,1-6H3,(H,69,86)(H,70,95)(H,71,92)(H,72,88)(H,73,89)(H,74,90)(H,75,91);/q;+1/p-1/t37-,38+,43+,44+,46+,47+,49-,50-,53+,54+,55+,56+,57+;/m1./s1. The van der Waals surface area contributed by atoms with Gasteiger partial charge < -0.3 is 106 Å². The SMILES string of the molecule is COCCCCCCCOc1ccc(-c2nnc(-c3ccc(C(=O)N[C@H]4C[C@H](O)CNC(=O)[C@@H]5[C@@H](O)[C@H](C)CN5C(=O)[C@H]([C@H](O)CCNC(=O)CCCCNC(=O)OC(C)(C)C)NC(=O)[C@H]([C@H](O)Cc5ccc(O)c(OSOO[O-])c5)NC(=O)[C@@H]5C[C@H](O)CN5C(=O)[C@H]([C@H](C)O)NC4=O)cc3)s2)cc1.[Na+]. The van der Waals surface area contributed by atoms with Gasteiger partial charge in [0.2, 0.25) is 41.4 Å². The Morgan fingerprint density at radius 3 is 2.03 bits per heavy atom. The van der Waals surface area contributed by atoms with Crippen molar-refractivity contribution in [3.05, 3.63) is 77.9 Å². The molecule has 3 fully saturated rings. The maximum Gasteiger partial charge on any atom is 1.00 e. The first kappa shape index (κ1) is 86.5. The topological polar surface area (TPSA) is 490 Å². The van der Waals surface area contributed by atoms with Crippen molar-refractivity contribution in [2.75, 3.05) is 53.0 Å². The Labute approximate surface area is 637 Å². The van der Waals surface area contributed by atoms with Crippen LogP contribution >= 0.6 is 23.7 Å². The van der Waals surface area contributed by atoms with Crippen molar-refractivity contribution >= 4 is 77.0 Å². The summed E-state index contributed by atoms with van der Waals surface area (Å²) in [6.45, 7) is 7.16. The molecule has 3 aliphatic heterocycles. The van der Waals surface area contributed by atoms with E-state index in [-0.39, 0.29) is 78.3 Å². The molecule has 37 heteroatoms. The monoisotopic (exact) mass is 1520 g/mol. The molecule has 105 heavy (non-hydrogen) atoms. The molecule has 7 rings (SSSR count). The molecule has 0 radical (unpaired) electrons. The van der Waals surface area contributed by atoms with Gasteiger partial charge in [-0.2, -0.15) is 0 Å². The summed E-state index contributed by atoms with van der Waals surface area (Å²) in [4.78, 5) is 130. The Balaban J connectivity index is 0.0000173. The maximum absolute atomic E-state index is 15.2. The summed E-state index contributed by atoms with van der Waals surface area (Å²) >= 11 is 1.28. The first-order valence-electron chi connectivity index (χ1n) is 34.3. The van der Waals surface area contributed by atoms with Crippen LogP contribution in [0.1, 0.15) is 121 Å². The number of rotatable bonds is 30. The zero-order chi connectivity index (χ0) is 75.8. The molecule has 3 aliphatic rings. The molecule has 0 bridgehead atoms. The van der Waals surface area contributed by atoms with Gasteiger partial charge in [-0.1, -0.05) is 55.7 Å². The number of nitrogens with zero attached hydrogens (tertiary/aromatic N) is 4. The number of aromatic hydroxyl groups is 1. The van der Waals surface area contributed by atoms with Gasteiger partial charge in [-0.15, -0.1) is 14.5 Å². The zero-order valence-electron chi connectivity index (χ0n) is 59.6. The van der Waals surface area contributed by atoms with Gasteiger partial charge >= 0.3 is 35.7 Å². The molecule has 0 spiro atoms. The number of fused-ring (bicyclic) bond motifs is 2. The van der Waals surface area contributed by atoms with E-state index in [2.05, 4.69) is 56.8 Å². The summed E-state index contributed by atoms with van der Waals surface area (Å²) in [5.41, 5.74) is 0.696. The summed E-state index contributed by atoms with van der Waals surface area (Å²) < 4.78 is 25.5. The van der Waals surface area contributed by atoms with Crippen LogP contribution < -0.4 is 81.0 Å². The van der Waals surface area contributed by atoms with Gasteiger partial charge in [0.1, 0.15) is 57.6 Å². The maximum atomic E-state index is 15.2. The van der Waals surface area contributed by atoms with Crippen LogP contribution in [0.4, 0.5) is 4.79 Å². The summed E-state index contributed by atoms with van der Waals surface area (Å²) in [6, 6.07) is 5.35. The Morgan fingerprint density at radius 1 is 0.733 bits per heavy atom. The fourth-order valence-electron chi connectivity index (χ4n) is 11.8. The molecule has 4 aromatic rings. The second kappa shape index (κ2) is 42.2. The zero-order valence-corrected chi connectivity index (χ0v) is 63.2. The number of hydrogen-bond donors (Lipinski definition) is 14. The molecule has 3 aromatic carbocycles. The summed E-state index contributed by atoms with van der Waals surface area (Å²) in [7, 11) is 1.69. The van der Waals surface area contributed by atoms with Crippen LogP contribution in [0.15, 0.2) is 66.7 Å². The van der Waals surface area contributed by atoms with Crippen LogP contribution in [0.5, 0.6) is 17.2 Å². The minimum absolute atomic E-state index is 0. The average molecular weight is 1520 g/mol. The molecule has 1 aromatic heterocycles. The minimum atomic E-state index is -2.20. The molecule has 572 valence electrons. The number of carbonyl (C=O) groups is 9. The number of hydrogen-bond acceptors (Lipinski definition) is 27. The van der Waals surface area contributed by atoms with Gasteiger partial charge in [0.15, 0.2) is 11.5 Å². The van der Waals surface area contributed by atoms with Crippen LogP contribution in [0.3, 0.4) is 0 Å². The first-order valence-corrected chi connectivity index (χ1v) is 35.7. The Morgan fingerprint density at radius 2 is 1.37 bits per heavy atom. The number of methoxy groups -OCH3 is 1. The van der Waals surface area contributed by atoms with Gasteiger partial charge in [-0.3, -0.25) is 43.4 Å². The molecule has 4 heterocycles. The van der Waals surface area contributed by atoms with Crippen LogP contribution in [0.2, 0.25) is 0 Å². The molecule has 3 saturated heterocycles. The first-order chi connectivity index (χ1) is 49.5. The van der Waals surface area contributed by atoms with E-state index in [1.54, 1.807) is 40.0 Å². The van der Waals surface area contributed by atoms with Crippen LogP contribution in [0.25, 0.3) is 21.1 Å². The number of benzene rings is 3. The number of aliphatic hydroxyl groups is 6. The van der Waals surface area contributed by atoms with Crippen molar-refractivity contribution < 1.29 is 141 Å². The van der Waals surface area contributed by atoms with E-state index in [0.29, 0.717) is 40.8 Å². The number of alkyl carbamates (subject to hydrolysis) is 1. The van der Waals surface area contributed by atoms with E-state index in [0.717, 1.165) is 73.1 Å². The van der Waals surface area contributed by atoms with Gasteiger partial charge in [-0.05, 0) is 114 Å². The van der Waals surface area contributed by atoms with E-state index in [1.807, 2.05) is 24.3 Å². The summed E-state index contributed by atoms with van der Waals surface area (Å²) in [5, 5.41) is 121. The number of aliphatic hydroxyl groups excluding tert-OH is 6. The van der Waals surface area contributed by atoms with Crippen molar-refractivity contribution in [2.24, 2.45) is 5.92 Å². The molecule has 0 aliphatic carbocycles. The Hall–Kier alpha value is -7.40. The number of phenols is 1. The number of unbranched alkanes of at least 4 members (excludes halogenated alkanes) is 5. The van der Waals surface area contributed by atoms with E-state index in [9.17, 15) is 74.6 Å². The van der Waals surface area contributed by atoms with Gasteiger partial charge in [0, 0.05) is 94.7 Å². The number of nitrogens with one attached hydrogen (secondary N) is 7. The second-order valence-corrected chi connectivity index (χ2v) is 28.2. The second-order valence-electron chi connectivity index (χ2n) is 26.7. The van der Waals surface area contributed by atoms with Crippen molar-refractivity contribution in [3.63, 3.8) is 0 Å². The van der Waals surface area contributed by atoms with Crippen molar-refractivity contribution in [3.8, 4) is 38.4 Å². The predicted molar refractivity (Wildman–Crippen MR) is 370 cm³/mol. The number of ether oxygens (including phenoxy) is 3. The van der Waals surface area contributed by atoms with Gasteiger partial charge in [0.25, 0.3) is 18.2 Å². The van der Waals surface area contributed by atoms with E-state index >= 15 is 9.59 Å². The average Bonchev–Trinajstić information content (AvgIpc) is 1.68. The number of aromatic nitrogens is 2. The Bertz CT molecular complexity index is 3520. The third kappa shape index (κ3) is 26.2. The Kier molecular flexibility index (Phi) is 34.8. The van der Waals surface area contributed by atoms with E-state index in [4.69, 9.17) is 18.4 Å². The number of carbonyl (C=O) groups excluding carboxylic acids is 9. The number of β-amino-alcohol motifs (C(OH)–C–C–N with tert-alkyl or cyclic N) is 1. The quantitative estimate of drug-likeness (QED) is 0.00807.